The van der Waals surface area contributed by atoms with Crippen molar-refractivity contribution in [1.82, 2.24) is 49.1 Å². The van der Waals surface area contributed by atoms with Gasteiger partial charge in [0, 0.05) is 62.8 Å². The molecule has 11 rings (SSSR count). The summed E-state index contributed by atoms with van der Waals surface area (Å²) in [5.41, 5.74) is 5.09. The molecule has 2 aromatic carbocycles. The van der Waals surface area contributed by atoms with E-state index in [1.807, 2.05) is 17.0 Å². The van der Waals surface area contributed by atoms with Gasteiger partial charge in [0.15, 0.2) is 0 Å². The second kappa shape index (κ2) is 13.0. The van der Waals surface area contributed by atoms with Crippen molar-refractivity contribution in [2.75, 3.05) is 22.9 Å². The lowest BCUT2D eigenvalue weighted by Gasteiger charge is -2.30. The number of halogens is 3. The zero-order valence-corrected chi connectivity index (χ0v) is 31.2. The lowest BCUT2D eigenvalue weighted by Crippen LogP contribution is -2.27. The molecule has 55 heavy (non-hydrogen) atoms. The maximum absolute atomic E-state index is 14.2. The smallest absolute Gasteiger partial charge is 0.257 e. The van der Waals surface area contributed by atoms with Gasteiger partial charge in [0.1, 0.15) is 47.6 Å². The van der Waals surface area contributed by atoms with Gasteiger partial charge in [0.2, 0.25) is 0 Å². The Kier molecular flexibility index (Phi) is 7.91. The first-order valence-corrected chi connectivity index (χ1v) is 18.9. The fourth-order valence-electron chi connectivity index (χ4n) is 7.45. The first-order valence-electron chi connectivity index (χ1n) is 18.1. The third-order valence-corrected chi connectivity index (χ3v) is 11.3. The lowest BCUT2D eigenvalue weighted by atomic mass is 9.99. The molecule has 0 saturated heterocycles. The first-order chi connectivity index (χ1) is 26.8. The highest BCUT2D eigenvalue weighted by Gasteiger charge is 2.35. The van der Waals surface area contributed by atoms with Gasteiger partial charge in [-0.2, -0.15) is 9.97 Å². The predicted octanol–water partition coefficient (Wildman–Crippen LogP) is 7.71. The zero-order chi connectivity index (χ0) is 37.3. The van der Waals surface area contributed by atoms with Gasteiger partial charge in [0.05, 0.1) is 11.0 Å². The van der Waals surface area contributed by atoms with Crippen LogP contribution in [0.5, 0.6) is 0 Å². The Bertz CT molecular complexity index is 2890. The molecule has 15 heteroatoms. The predicted molar refractivity (Wildman–Crippen MR) is 208 cm³/mol. The Balaban J connectivity index is 0.000000138. The molecule has 1 fully saturated rings. The van der Waals surface area contributed by atoms with E-state index >= 15 is 0 Å². The van der Waals surface area contributed by atoms with Crippen LogP contribution in [0.3, 0.4) is 0 Å². The SMILES string of the molecule is CC1(C#Cc2ccnc3c2CCCN3c2nc3nncn3c3ccc(F)cc23)CC1.Fc1ccc2c(c1)c(N1CCCc3c(Br)ccnc31)nc1nncn12. The van der Waals surface area contributed by atoms with Crippen molar-refractivity contribution in [2.24, 2.45) is 5.41 Å². The Morgan fingerprint density at radius 2 is 1.24 bits per heavy atom. The number of pyridine rings is 2. The van der Waals surface area contributed by atoms with E-state index in [4.69, 9.17) is 4.98 Å². The molecule has 1 aliphatic carbocycles. The average Bonchev–Trinajstić information content (AvgIpc) is 3.52. The van der Waals surface area contributed by atoms with Gasteiger partial charge in [-0.3, -0.25) is 8.80 Å². The summed E-state index contributed by atoms with van der Waals surface area (Å²) in [5, 5.41) is 17.5. The molecule has 0 atom stereocenters. The van der Waals surface area contributed by atoms with Gasteiger partial charge < -0.3 is 9.80 Å². The summed E-state index contributed by atoms with van der Waals surface area (Å²) >= 11 is 3.60. The van der Waals surface area contributed by atoms with Crippen LogP contribution in [0.2, 0.25) is 0 Å². The summed E-state index contributed by atoms with van der Waals surface area (Å²) in [6, 6.07) is 13.3. The Hall–Kier alpha value is -6.14. The molecular weight excluding hydrogens is 766 g/mol. The number of aromatic nitrogens is 10. The minimum atomic E-state index is -0.305. The van der Waals surface area contributed by atoms with Gasteiger partial charge >= 0.3 is 0 Å². The maximum Gasteiger partial charge on any atom is 0.257 e. The molecular formula is C40H31BrF2N12. The molecule has 0 amide bonds. The van der Waals surface area contributed by atoms with Crippen molar-refractivity contribution >= 4 is 72.6 Å². The number of rotatable bonds is 2. The fraction of sp³-hybridized carbons (Fsp3) is 0.250. The van der Waals surface area contributed by atoms with Crippen LogP contribution in [0.15, 0.2) is 78.1 Å². The second-order valence-corrected chi connectivity index (χ2v) is 15.1. The quantitative estimate of drug-likeness (QED) is 0.161. The minimum absolute atomic E-state index is 0.165. The van der Waals surface area contributed by atoms with E-state index in [2.05, 4.69) is 74.9 Å². The average molecular weight is 798 g/mol. The Morgan fingerprint density at radius 1 is 0.691 bits per heavy atom. The van der Waals surface area contributed by atoms with Crippen LogP contribution < -0.4 is 9.80 Å². The van der Waals surface area contributed by atoms with Crippen LogP contribution >= 0.6 is 15.9 Å². The molecule has 8 aromatic rings. The van der Waals surface area contributed by atoms with Crippen LogP contribution in [0, 0.1) is 28.9 Å². The van der Waals surface area contributed by atoms with E-state index in [-0.39, 0.29) is 17.0 Å². The summed E-state index contributed by atoms with van der Waals surface area (Å²) in [7, 11) is 0. The van der Waals surface area contributed by atoms with Gasteiger partial charge in [-0.1, -0.05) is 27.8 Å². The summed E-state index contributed by atoms with van der Waals surface area (Å²) < 4.78 is 32.7. The van der Waals surface area contributed by atoms with Gasteiger partial charge in [-0.15, -0.1) is 20.4 Å². The Labute approximate surface area is 321 Å². The zero-order valence-electron chi connectivity index (χ0n) is 29.6. The highest BCUT2D eigenvalue weighted by molar-refractivity contribution is 9.10. The van der Waals surface area contributed by atoms with E-state index < -0.39 is 0 Å². The number of hydrogen-bond acceptors (Lipinski definition) is 10. The van der Waals surface area contributed by atoms with Gasteiger partial charge in [-0.25, -0.2) is 18.7 Å². The lowest BCUT2D eigenvalue weighted by molar-refractivity contribution is 0.629. The Morgan fingerprint density at radius 3 is 1.82 bits per heavy atom. The molecule has 1 saturated carbocycles. The summed E-state index contributed by atoms with van der Waals surface area (Å²) in [5.74, 6) is 10.2. The standard InChI is InChI=1S/C23H19FN6.C17H12BrFN6/c1-23(9-10-23)8-6-15-7-11-25-20-17(15)3-2-12-29(20)21-18-13-16(24)4-5-19(18)30-14-26-28-22(30)27-21;18-13-5-6-20-15-11(13)2-1-7-24(15)16-12-8-10(19)3-4-14(12)25-9-21-23-17(25)22-16/h4-5,7,11,13-14H,2-3,9-10,12H2,1H3;3-6,8-9H,1-2,7H2. The van der Waals surface area contributed by atoms with Crippen LogP contribution in [0.25, 0.3) is 33.4 Å². The molecule has 272 valence electrons. The number of anilines is 4. The molecule has 0 bridgehead atoms. The maximum atomic E-state index is 14.2. The van der Waals surface area contributed by atoms with E-state index in [0.29, 0.717) is 34.0 Å². The fourth-order valence-corrected chi connectivity index (χ4v) is 7.94. The molecule has 8 heterocycles. The molecule has 0 radical (unpaired) electrons. The number of nitrogens with zero attached hydrogens (tertiary/aromatic N) is 12. The van der Waals surface area contributed by atoms with E-state index in [1.165, 1.54) is 37.1 Å². The third kappa shape index (κ3) is 5.88. The molecule has 3 aliphatic rings. The number of hydrogen-bond donors (Lipinski definition) is 0. The highest BCUT2D eigenvalue weighted by Crippen LogP contribution is 2.44. The second-order valence-electron chi connectivity index (χ2n) is 14.3. The van der Waals surface area contributed by atoms with Crippen LogP contribution in [-0.4, -0.2) is 62.2 Å². The number of fused-ring (bicyclic) bond motifs is 8. The third-order valence-electron chi connectivity index (χ3n) is 10.5. The molecule has 0 unspecified atom stereocenters. The molecule has 2 aliphatic heterocycles. The van der Waals surface area contributed by atoms with E-state index in [0.717, 1.165) is 82.6 Å². The molecule has 12 nitrogen and oxygen atoms in total. The van der Waals surface area contributed by atoms with Crippen molar-refractivity contribution in [3.63, 3.8) is 0 Å². The molecule has 0 N–H and O–H groups in total. The summed E-state index contributed by atoms with van der Waals surface area (Å²) in [6.45, 7) is 3.72. The normalized spacial score (nSPS) is 15.7. The van der Waals surface area contributed by atoms with E-state index in [9.17, 15) is 8.78 Å². The summed E-state index contributed by atoms with van der Waals surface area (Å²) in [4.78, 5) is 22.7. The van der Waals surface area contributed by atoms with Gasteiger partial charge in [-0.05, 0) is 94.0 Å². The van der Waals surface area contributed by atoms with Crippen molar-refractivity contribution in [3.8, 4) is 11.8 Å². The molecule has 0 spiro atoms. The van der Waals surface area contributed by atoms with Crippen LogP contribution in [0.4, 0.5) is 32.1 Å². The number of benzene rings is 2. The molecule has 6 aromatic heterocycles. The minimum Gasteiger partial charge on any atom is -0.310 e. The topological polar surface area (TPSA) is 118 Å². The van der Waals surface area contributed by atoms with Crippen molar-refractivity contribution in [2.45, 2.75) is 45.4 Å². The van der Waals surface area contributed by atoms with E-state index in [1.54, 1.807) is 46.0 Å². The van der Waals surface area contributed by atoms with Crippen LogP contribution in [-0.2, 0) is 12.8 Å². The van der Waals surface area contributed by atoms with Crippen molar-refractivity contribution in [1.29, 1.82) is 0 Å². The highest BCUT2D eigenvalue weighted by atomic mass is 79.9. The van der Waals surface area contributed by atoms with Crippen molar-refractivity contribution in [3.05, 3.63) is 106 Å². The van der Waals surface area contributed by atoms with Crippen molar-refractivity contribution < 1.29 is 8.78 Å². The largest absolute Gasteiger partial charge is 0.310 e. The first kappa shape index (κ1) is 33.4. The van der Waals surface area contributed by atoms with Gasteiger partial charge in [0.25, 0.3) is 11.6 Å². The monoisotopic (exact) mass is 796 g/mol. The van der Waals surface area contributed by atoms with Crippen LogP contribution in [0.1, 0.15) is 49.3 Å². The summed E-state index contributed by atoms with van der Waals surface area (Å²) in [6.07, 6.45) is 12.9.